The highest BCUT2D eigenvalue weighted by Gasteiger charge is 2.21. The molecule has 1 aromatic rings. The predicted molar refractivity (Wildman–Crippen MR) is 60.9 cm³/mol. The van der Waals surface area contributed by atoms with Crippen molar-refractivity contribution in [3.05, 3.63) is 24.0 Å². The van der Waals surface area contributed by atoms with Crippen LogP contribution in [-0.4, -0.2) is 25.5 Å². The van der Waals surface area contributed by atoms with Gasteiger partial charge in [0.15, 0.2) is 0 Å². The summed E-state index contributed by atoms with van der Waals surface area (Å²) in [5.74, 6) is -0.417. The van der Waals surface area contributed by atoms with Crippen LogP contribution in [0.2, 0.25) is 0 Å². The third-order valence-corrected chi connectivity index (χ3v) is 2.58. The number of hydrogen-bond acceptors (Lipinski definition) is 3. The molecule has 1 heterocycles. The second kappa shape index (κ2) is 4.49. The Morgan fingerprint density at radius 1 is 1.50 bits per heavy atom. The topological polar surface area (TPSA) is 58.4 Å². The fourth-order valence-electron chi connectivity index (χ4n) is 1.88. The second-order valence-electron chi connectivity index (χ2n) is 3.71. The van der Waals surface area contributed by atoms with Gasteiger partial charge in [0.1, 0.15) is 5.82 Å². The maximum absolute atomic E-state index is 13.7. The van der Waals surface area contributed by atoms with Gasteiger partial charge in [-0.1, -0.05) is 6.07 Å². The van der Waals surface area contributed by atoms with Crippen molar-refractivity contribution in [3.8, 4) is 0 Å². The van der Waals surface area contributed by atoms with Gasteiger partial charge < -0.3 is 16.0 Å². The van der Waals surface area contributed by atoms with Crippen LogP contribution in [0.15, 0.2) is 18.2 Å². The highest BCUT2D eigenvalue weighted by atomic mass is 19.1. The van der Waals surface area contributed by atoms with Crippen LogP contribution in [0.5, 0.6) is 0 Å². The van der Waals surface area contributed by atoms with Crippen molar-refractivity contribution in [2.75, 3.05) is 29.9 Å². The van der Waals surface area contributed by atoms with E-state index in [0.29, 0.717) is 37.4 Å². The van der Waals surface area contributed by atoms with Crippen molar-refractivity contribution in [2.45, 2.75) is 6.42 Å². The number of nitrogens with two attached hydrogens (primary N) is 1. The summed E-state index contributed by atoms with van der Waals surface area (Å²) in [6.07, 6.45) is 0.355. The average molecular weight is 223 g/mol. The van der Waals surface area contributed by atoms with E-state index in [9.17, 15) is 9.18 Å². The minimum absolute atomic E-state index is 0.0913. The number of amides is 1. The number of fused-ring (bicyclic) bond motifs is 1. The Bertz CT molecular complexity index is 408. The summed E-state index contributed by atoms with van der Waals surface area (Å²) >= 11 is 0. The first-order valence-electron chi connectivity index (χ1n) is 5.25. The zero-order chi connectivity index (χ0) is 11.5. The summed E-state index contributed by atoms with van der Waals surface area (Å²) in [7, 11) is 0. The zero-order valence-electron chi connectivity index (χ0n) is 8.87. The lowest BCUT2D eigenvalue weighted by atomic mass is 10.2. The summed E-state index contributed by atoms with van der Waals surface area (Å²) < 4.78 is 13.7. The SMILES string of the molecule is NCCN1CCC(=O)Nc2cccc(F)c21. The van der Waals surface area contributed by atoms with Crippen molar-refractivity contribution in [1.82, 2.24) is 0 Å². The second-order valence-corrected chi connectivity index (χ2v) is 3.71. The van der Waals surface area contributed by atoms with E-state index < -0.39 is 0 Å². The molecule has 0 fully saturated rings. The minimum atomic E-state index is -0.326. The molecule has 16 heavy (non-hydrogen) atoms. The van der Waals surface area contributed by atoms with E-state index in [1.54, 1.807) is 12.1 Å². The third kappa shape index (κ3) is 1.99. The van der Waals surface area contributed by atoms with Crippen molar-refractivity contribution < 1.29 is 9.18 Å². The quantitative estimate of drug-likeness (QED) is 0.784. The summed E-state index contributed by atoms with van der Waals surface area (Å²) in [5, 5.41) is 2.69. The third-order valence-electron chi connectivity index (χ3n) is 2.58. The Kier molecular flexibility index (Phi) is 3.05. The van der Waals surface area contributed by atoms with Gasteiger partial charge >= 0.3 is 0 Å². The minimum Gasteiger partial charge on any atom is -0.366 e. The number of nitrogens with zero attached hydrogens (tertiary/aromatic N) is 1. The largest absolute Gasteiger partial charge is 0.366 e. The van der Waals surface area contributed by atoms with E-state index in [0.717, 1.165) is 0 Å². The molecular formula is C11H14FN3O. The van der Waals surface area contributed by atoms with E-state index in [4.69, 9.17) is 5.73 Å². The van der Waals surface area contributed by atoms with Gasteiger partial charge in [0.2, 0.25) is 5.91 Å². The molecule has 5 heteroatoms. The van der Waals surface area contributed by atoms with Gasteiger partial charge in [0.05, 0.1) is 11.4 Å². The molecule has 1 aliphatic rings. The van der Waals surface area contributed by atoms with Gasteiger partial charge in [-0.25, -0.2) is 4.39 Å². The lowest BCUT2D eigenvalue weighted by Gasteiger charge is -2.23. The van der Waals surface area contributed by atoms with E-state index in [2.05, 4.69) is 5.32 Å². The van der Waals surface area contributed by atoms with Gasteiger partial charge in [0.25, 0.3) is 0 Å². The van der Waals surface area contributed by atoms with Crippen molar-refractivity contribution in [2.24, 2.45) is 5.73 Å². The van der Waals surface area contributed by atoms with Crippen LogP contribution in [0, 0.1) is 5.82 Å². The maximum Gasteiger partial charge on any atom is 0.226 e. The Morgan fingerprint density at radius 3 is 3.06 bits per heavy atom. The molecule has 2 rings (SSSR count). The molecule has 0 spiro atoms. The molecule has 0 saturated heterocycles. The van der Waals surface area contributed by atoms with Gasteiger partial charge in [-0.3, -0.25) is 4.79 Å². The first-order chi connectivity index (χ1) is 7.72. The van der Waals surface area contributed by atoms with E-state index in [-0.39, 0.29) is 11.7 Å². The van der Waals surface area contributed by atoms with Crippen LogP contribution in [0.3, 0.4) is 0 Å². The molecule has 3 N–H and O–H groups in total. The molecule has 0 bridgehead atoms. The molecule has 1 amide bonds. The summed E-state index contributed by atoms with van der Waals surface area (Å²) in [6, 6.07) is 4.67. The van der Waals surface area contributed by atoms with E-state index in [1.807, 2.05) is 4.90 Å². The lowest BCUT2D eigenvalue weighted by molar-refractivity contribution is -0.115. The summed E-state index contributed by atoms with van der Waals surface area (Å²) in [5.41, 5.74) is 6.45. The molecule has 1 aliphatic heterocycles. The molecule has 0 unspecified atom stereocenters. The number of carbonyl (C=O) groups excluding carboxylic acids is 1. The first-order valence-corrected chi connectivity index (χ1v) is 5.25. The first kappa shape index (κ1) is 10.9. The maximum atomic E-state index is 13.7. The van der Waals surface area contributed by atoms with Gasteiger partial charge in [0, 0.05) is 26.1 Å². The number of rotatable bonds is 2. The van der Waals surface area contributed by atoms with Gasteiger partial charge in [-0.05, 0) is 12.1 Å². The number of carbonyl (C=O) groups is 1. The summed E-state index contributed by atoms with van der Waals surface area (Å²) in [6.45, 7) is 1.47. The molecule has 0 radical (unpaired) electrons. The van der Waals surface area contributed by atoms with Crippen LogP contribution >= 0.6 is 0 Å². The van der Waals surface area contributed by atoms with Crippen LogP contribution in [0.25, 0.3) is 0 Å². The number of para-hydroxylation sites is 1. The highest BCUT2D eigenvalue weighted by molar-refractivity contribution is 5.96. The molecule has 0 saturated carbocycles. The molecule has 0 atom stereocenters. The molecule has 86 valence electrons. The average Bonchev–Trinajstić information content (AvgIpc) is 2.40. The van der Waals surface area contributed by atoms with Crippen LogP contribution in [0.4, 0.5) is 15.8 Å². The summed E-state index contributed by atoms with van der Waals surface area (Å²) in [4.78, 5) is 13.2. The number of hydrogen-bond donors (Lipinski definition) is 2. The number of anilines is 2. The Balaban J connectivity index is 2.43. The van der Waals surface area contributed by atoms with E-state index >= 15 is 0 Å². The van der Waals surface area contributed by atoms with Crippen LogP contribution in [0.1, 0.15) is 6.42 Å². The van der Waals surface area contributed by atoms with Crippen molar-refractivity contribution >= 4 is 17.3 Å². The monoisotopic (exact) mass is 223 g/mol. The van der Waals surface area contributed by atoms with Gasteiger partial charge in [-0.2, -0.15) is 0 Å². The van der Waals surface area contributed by atoms with Crippen LogP contribution in [-0.2, 0) is 4.79 Å². The lowest BCUT2D eigenvalue weighted by Crippen LogP contribution is -2.30. The number of benzene rings is 1. The highest BCUT2D eigenvalue weighted by Crippen LogP contribution is 2.31. The van der Waals surface area contributed by atoms with Gasteiger partial charge in [-0.15, -0.1) is 0 Å². The smallest absolute Gasteiger partial charge is 0.226 e. The molecule has 0 aromatic heterocycles. The van der Waals surface area contributed by atoms with Crippen molar-refractivity contribution in [3.63, 3.8) is 0 Å². The zero-order valence-corrected chi connectivity index (χ0v) is 8.87. The Morgan fingerprint density at radius 2 is 2.31 bits per heavy atom. The van der Waals surface area contributed by atoms with Crippen molar-refractivity contribution in [1.29, 1.82) is 0 Å². The van der Waals surface area contributed by atoms with E-state index in [1.165, 1.54) is 6.07 Å². The Labute approximate surface area is 93.2 Å². The number of nitrogens with one attached hydrogen (secondary N) is 1. The van der Waals surface area contributed by atoms with Crippen LogP contribution < -0.4 is 16.0 Å². The molecule has 0 aliphatic carbocycles. The predicted octanol–water partition coefficient (Wildman–Crippen LogP) is 0.933. The fraction of sp³-hybridized carbons (Fsp3) is 0.364. The normalized spacial score (nSPS) is 15.4. The standard InChI is InChI=1S/C11H14FN3O/c12-8-2-1-3-9-11(8)15(7-5-13)6-4-10(16)14-9/h1-3H,4-7,13H2,(H,14,16). The fourth-order valence-corrected chi connectivity index (χ4v) is 1.88. The number of halogens is 1. The molecular weight excluding hydrogens is 209 g/mol. The molecule has 4 nitrogen and oxygen atoms in total. The Hall–Kier alpha value is -1.62. The molecule has 1 aromatic carbocycles.